The number of ether oxygens (including phenoxy) is 2. The molecule has 0 radical (unpaired) electrons. The first-order valence-electron chi connectivity index (χ1n) is 13.2. The Morgan fingerprint density at radius 2 is 1.57 bits per heavy atom. The molecule has 0 aromatic heterocycles. The zero-order valence-electron chi connectivity index (χ0n) is 23.1. The zero-order chi connectivity index (χ0) is 31.6. The van der Waals surface area contributed by atoms with Gasteiger partial charge in [-0.25, -0.2) is 0 Å². The fraction of sp³-hybridized carbons (Fsp3) is 0.267. The molecule has 1 fully saturated rings. The van der Waals surface area contributed by atoms with E-state index in [1.807, 2.05) is 17.0 Å². The Kier molecular flexibility index (Phi) is 8.73. The van der Waals surface area contributed by atoms with E-state index in [0.717, 1.165) is 11.8 Å². The molecular weight excluding hydrogens is 612 g/mol. The monoisotopic (exact) mass is 637 g/mol. The summed E-state index contributed by atoms with van der Waals surface area (Å²) in [5, 5.41) is 10.1. The van der Waals surface area contributed by atoms with Crippen LogP contribution in [0.1, 0.15) is 22.3 Å². The minimum absolute atomic E-state index is 0.0629. The fourth-order valence-electron chi connectivity index (χ4n) is 4.70. The number of amidine groups is 1. The van der Waals surface area contributed by atoms with E-state index in [2.05, 4.69) is 9.89 Å². The lowest BCUT2D eigenvalue weighted by Crippen LogP contribution is -2.47. The van der Waals surface area contributed by atoms with Gasteiger partial charge in [0.2, 0.25) is 0 Å². The summed E-state index contributed by atoms with van der Waals surface area (Å²) in [6.07, 6.45) is -8.34. The van der Waals surface area contributed by atoms with Gasteiger partial charge >= 0.3 is 12.4 Å². The maximum absolute atomic E-state index is 13.5. The summed E-state index contributed by atoms with van der Waals surface area (Å²) < 4.78 is 90.3. The number of hydrogen-bond acceptors (Lipinski definition) is 7. The smallest absolute Gasteiger partial charge is 0.416 e. The summed E-state index contributed by atoms with van der Waals surface area (Å²) >= 11 is 1.23. The van der Waals surface area contributed by atoms with Crippen molar-refractivity contribution < 1.29 is 45.7 Å². The highest BCUT2D eigenvalue weighted by Gasteiger charge is 2.38. The number of anilines is 1. The summed E-state index contributed by atoms with van der Waals surface area (Å²) in [5.74, 6) is 0.00454. The molecule has 5 rings (SSSR count). The number of carbonyl (C=O) groups excluding carboxylic acids is 1. The molecule has 14 heteroatoms. The van der Waals surface area contributed by atoms with Crippen molar-refractivity contribution >= 4 is 34.6 Å². The number of nitrogens with zero attached hydrogens (tertiary/aromatic N) is 3. The maximum Gasteiger partial charge on any atom is 0.416 e. The summed E-state index contributed by atoms with van der Waals surface area (Å²) in [5.41, 5.74) is -1.79. The lowest BCUT2D eigenvalue weighted by atomic mass is 10.0. The molecule has 7 nitrogen and oxygen atoms in total. The molecule has 2 heterocycles. The second-order valence-electron chi connectivity index (χ2n) is 9.87. The van der Waals surface area contributed by atoms with Crippen molar-refractivity contribution in [3.8, 4) is 17.2 Å². The van der Waals surface area contributed by atoms with Crippen molar-refractivity contribution in [2.24, 2.45) is 4.99 Å². The van der Waals surface area contributed by atoms with Gasteiger partial charge in [0.25, 0.3) is 5.91 Å². The quantitative estimate of drug-likeness (QED) is 0.235. The number of aliphatic imine (C=N–C) groups is 1. The maximum atomic E-state index is 13.5. The van der Waals surface area contributed by atoms with Crippen molar-refractivity contribution in [1.29, 1.82) is 0 Å². The van der Waals surface area contributed by atoms with Crippen LogP contribution in [-0.2, 0) is 23.8 Å². The number of methoxy groups -OCH3 is 1. The van der Waals surface area contributed by atoms with Gasteiger partial charge in [-0.1, -0.05) is 12.1 Å². The lowest BCUT2D eigenvalue weighted by Gasteiger charge is -2.36. The lowest BCUT2D eigenvalue weighted by molar-refractivity contribution is -0.143. The van der Waals surface area contributed by atoms with Crippen LogP contribution in [0.15, 0.2) is 70.6 Å². The Hall–Kier alpha value is -4.33. The Labute approximate surface area is 252 Å². The topological polar surface area (TPSA) is 74.6 Å². The Bertz CT molecular complexity index is 1600. The number of aromatic hydroxyl groups is 1. The third-order valence-corrected chi connectivity index (χ3v) is 8.03. The van der Waals surface area contributed by atoms with Crippen LogP contribution in [0.4, 0.5) is 32.0 Å². The average Bonchev–Trinajstić information content (AvgIpc) is 3.35. The number of benzene rings is 3. The van der Waals surface area contributed by atoms with Crippen LogP contribution in [-0.4, -0.2) is 54.4 Å². The molecule has 232 valence electrons. The zero-order valence-corrected chi connectivity index (χ0v) is 23.9. The van der Waals surface area contributed by atoms with E-state index >= 15 is 0 Å². The first-order valence-corrected chi connectivity index (χ1v) is 14.0. The average molecular weight is 638 g/mol. The molecule has 1 saturated heterocycles. The highest BCUT2D eigenvalue weighted by atomic mass is 32.2. The molecule has 3 aromatic rings. The third-order valence-electron chi connectivity index (χ3n) is 6.99. The molecule has 44 heavy (non-hydrogen) atoms. The van der Waals surface area contributed by atoms with E-state index < -0.39 is 41.6 Å². The van der Waals surface area contributed by atoms with Gasteiger partial charge < -0.3 is 24.4 Å². The van der Waals surface area contributed by atoms with E-state index in [1.165, 1.54) is 31.0 Å². The largest absolute Gasteiger partial charge is 0.508 e. The van der Waals surface area contributed by atoms with Gasteiger partial charge in [-0.3, -0.25) is 4.79 Å². The number of thioether (sulfide) groups is 1. The molecule has 1 amide bonds. The van der Waals surface area contributed by atoms with Crippen molar-refractivity contribution in [3.05, 3.63) is 87.8 Å². The van der Waals surface area contributed by atoms with Gasteiger partial charge in [0.15, 0.2) is 16.7 Å². The minimum Gasteiger partial charge on any atom is -0.508 e. The summed E-state index contributed by atoms with van der Waals surface area (Å²) in [7, 11) is 1.33. The summed E-state index contributed by atoms with van der Waals surface area (Å²) in [6, 6.07) is 12.9. The van der Waals surface area contributed by atoms with Crippen molar-refractivity contribution in [3.63, 3.8) is 0 Å². The number of rotatable bonds is 6. The van der Waals surface area contributed by atoms with E-state index in [-0.39, 0.29) is 23.3 Å². The molecule has 2 aliphatic rings. The van der Waals surface area contributed by atoms with Gasteiger partial charge in [0.1, 0.15) is 12.4 Å². The predicted molar refractivity (Wildman–Crippen MR) is 154 cm³/mol. The molecule has 2 aliphatic heterocycles. The number of phenolic OH excluding ortho intramolecular Hbond substituents is 1. The minimum atomic E-state index is -5.02. The van der Waals surface area contributed by atoms with Gasteiger partial charge in [-0.15, -0.1) is 0 Å². The van der Waals surface area contributed by atoms with Crippen LogP contribution in [0.2, 0.25) is 0 Å². The highest BCUT2D eigenvalue weighted by Crippen LogP contribution is 2.39. The van der Waals surface area contributed by atoms with Crippen LogP contribution in [0.25, 0.3) is 6.08 Å². The first-order chi connectivity index (χ1) is 20.8. The number of phenols is 1. The molecule has 0 unspecified atom stereocenters. The number of piperazine rings is 1. The van der Waals surface area contributed by atoms with Crippen molar-refractivity contribution in [2.45, 2.75) is 19.0 Å². The third kappa shape index (κ3) is 7.07. The Morgan fingerprint density at radius 3 is 2.20 bits per heavy atom. The highest BCUT2D eigenvalue weighted by molar-refractivity contribution is 8.18. The molecule has 0 saturated carbocycles. The van der Waals surface area contributed by atoms with Crippen molar-refractivity contribution in [2.75, 3.05) is 38.2 Å². The van der Waals surface area contributed by atoms with Crippen LogP contribution < -0.4 is 14.4 Å². The SMILES string of the molecule is COc1cc(/C=C2\SC(N3CCN(c4ccc(O)cc4)CC3)=NC2=O)ccc1OCc1ccc(C(F)(F)F)cc1C(F)(F)F. The second-order valence-corrected chi connectivity index (χ2v) is 10.9. The van der Waals surface area contributed by atoms with E-state index in [4.69, 9.17) is 9.47 Å². The second kappa shape index (κ2) is 12.3. The van der Waals surface area contributed by atoms with Gasteiger partial charge in [-0.05, 0) is 71.9 Å². The van der Waals surface area contributed by atoms with Crippen molar-refractivity contribution in [1.82, 2.24) is 4.90 Å². The molecule has 0 bridgehead atoms. The van der Waals surface area contributed by atoms with Crippen LogP contribution in [0.3, 0.4) is 0 Å². The molecule has 1 N–H and O–H groups in total. The Balaban J connectivity index is 1.24. The van der Waals surface area contributed by atoms with Gasteiger partial charge in [0.05, 0.1) is 23.1 Å². The van der Waals surface area contributed by atoms with E-state index in [9.17, 15) is 36.2 Å². The number of halogens is 6. The number of amides is 1. The van der Waals surface area contributed by atoms with Crippen LogP contribution in [0, 0.1) is 0 Å². The summed E-state index contributed by atoms with van der Waals surface area (Å²) in [4.78, 5) is 21.4. The van der Waals surface area contributed by atoms with Gasteiger partial charge in [-0.2, -0.15) is 31.3 Å². The number of hydrogen-bond donors (Lipinski definition) is 1. The molecule has 0 atom stereocenters. The predicted octanol–water partition coefficient (Wildman–Crippen LogP) is 6.81. The first kappa shape index (κ1) is 31.1. The van der Waals surface area contributed by atoms with Crippen LogP contribution in [0.5, 0.6) is 17.2 Å². The number of carbonyl (C=O) groups is 1. The van der Waals surface area contributed by atoms with E-state index in [1.54, 1.807) is 24.3 Å². The number of alkyl halides is 6. The normalized spacial score (nSPS) is 16.8. The van der Waals surface area contributed by atoms with Crippen LogP contribution >= 0.6 is 11.8 Å². The molecule has 0 spiro atoms. The summed E-state index contributed by atoms with van der Waals surface area (Å²) in [6.45, 7) is 2.03. The molecule has 0 aliphatic carbocycles. The van der Waals surface area contributed by atoms with E-state index in [0.29, 0.717) is 47.9 Å². The molecule has 3 aromatic carbocycles. The fourth-order valence-corrected chi connectivity index (χ4v) is 5.66. The molecular formula is C30H25F6N3O4S. The Morgan fingerprint density at radius 1 is 0.886 bits per heavy atom. The van der Waals surface area contributed by atoms with Gasteiger partial charge in [0, 0.05) is 37.4 Å². The standard InChI is InChI=1S/C30H25F6N3O4S/c1-42-25-14-18(2-9-24(25)43-17-19-3-4-20(29(31,32)33)16-23(19)30(34,35)36)15-26-27(41)37-28(44-26)39-12-10-38(11-13-39)21-5-7-22(40)8-6-21/h2-9,14-16,40H,10-13,17H2,1H3/b26-15-.